The van der Waals surface area contributed by atoms with E-state index in [4.69, 9.17) is 5.48 Å². The quantitative estimate of drug-likeness (QED) is 0.185. The molecule has 9 rings (SSSR count). The maximum atomic E-state index is 9.38. The van der Waals surface area contributed by atoms with Gasteiger partial charge in [0.25, 0.3) is 0 Å². The molecule has 0 aliphatic rings. The lowest BCUT2D eigenvalue weighted by atomic mass is 9.84. The van der Waals surface area contributed by atoms with Gasteiger partial charge in [0.2, 0.25) is 0 Å². The van der Waals surface area contributed by atoms with Crippen LogP contribution in [0.5, 0.6) is 0 Å². The van der Waals surface area contributed by atoms with Crippen LogP contribution in [0.15, 0.2) is 158 Å². The molecule has 200 valence electrons. The highest BCUT2D eigenvalue weighted by Gasteiger charge is 2.19. The summed E-state index contributed by atoms with van der Waals surface area (Å²) in [6.07, 6.45) is 0. The molecular weight excluding hydrogens is 537 g/mol. The van der Waals surface area contributed by atoms with Crippen LogP contribution in [0.1, 0.15) is 11.0 Å². The summed E-state index contributed by atoms with van der Waals surface area (Å²) in [7, 11) is 0. The van der Waals surface area contributed by atoms with E-state index in [1.807, 2.05) is 97.1 Å². The van der Waals surface area contributed by atoms with Gasteiger partial charge in [-0.2, -0.15) is 0 Å². The van der Waals surface area contributed by atoms with E-state index in [0.717, 1.165) is 42.1 Å². The topological polar surface area (TPSA) is 0 Å². The SMILES string of the molecule is [2H]c1c([2H])c([2H])c2c(-c3ccc(-c4ccccc4)c4ccccc34)c3c([2H])c([2H])c([2H])c([2H])c3c(-c3ccc4c(c3)sc3ccccc34)c2c1[2H]. The molecule has 0 saturated carbocycles. The average Bonchev–Trinajstić information content (AvgIpc) is 3.54. The van der Waals surface area contributed by atoms with Crippen LogP contribution in [-0.2, 0) is 0 Å². The van der Waals surface area contributed by atoms with Crippen LogP contribution in [0, 0.1) is 0 Å². The Kier molecular flexibility index (Phi) is 3.97. The van der Waals surface area contributed by atoms with Crippen molar-refractivity contribution in [2.45, 2.75) is 0 Å². The van der Waals surface area contributed by atoms with Crippen molar-refractivity contribution in [2.24, 2.45) is 0 Å². The van der Waals surface area contributed by atoms with Gasteiger partial charge < -0.3 is 0 Å². The van der Waals surface area contributed by atoms with Crippen molar-refractivity contribution in [3.63, 3.8) is 0 Å². The lowest BCUT2D eigenvalue weighted by Crippen LogP contribution is -1.92. The van der Waals surface area contributed by atoms with E-state index in [1.165, 1.54) is 0 Å². The third-order valence-electron chi connectivity index (χ3n) is 8.32. The Labute approximate surface area is 265 Å². The number of thiophene rings is 1. The smallest absolute Gasteiger partial charge is 0.0629 e. The second-order valence-electron chi connectivity index (χ2n) is 10.6. The fourth-order valence-corrected chi connectivity index (χ4v) is 7.60. The zero-order valence-electron chi connectivity index (χ0n) is 30.8. The Morgan fingerprint density at radius 1 is 0.372 bits per heavy atom. The first kappa shape index (κ1) is 17.7. The van der Waals surface area contributed by atoms with Crippen LogP contribution < -0.4 is 0 Å². The highest BCUT2D eigenvalue weighted by molar-refractivity contribution is 7.25. The predicted molar refractivity (Wildman–Crippen MR) is 188 cm³/mol. The largest absolute Gasteiger partial charge is 0.135 e. The maximum absolute atomic E-state index is 9.38. The normalized spacial score (nSPS) is 14.3. The maximum Gasteiger partial charge on any atom is 0.0629 e. The predicted octanol–water partition coefficient (Wildman–Crippen LogP) is 12.5. The minimum atomic E-state index is -0.412. The summed E-state index contributed by atoms with van der Waals surface area (Å²) >= 11 is 1.61. The third kappa shape index (κ3) is 3.75. The van der Waals surface area contributed by atoms with Crippen molar-refractivity contribution in [3.05, 3.63) is 158 Å². The minimum absolute atomic E-state index is 0.211. The molecule has 0 fully saturated rings. The van der Waals surface area contributed by atoms with Gasteiger partial charge in [0.15, 0.2) is 0 Å². The Bertz CT molecular complexity index is 2870. The van der Waals surface area contributed by atoms with Gasteiger partial charge in [0.1, 0.15) is 0 Å². The second kappa shape index (κ2) is 9.66. The summed E-state index contributed by atoms with van der Waals surface area (Å²) in [5, 5.41) is 4.69. The van der Waals surface area contributed by atoms with Crippen molar-refractivity contribution in [1.29, 1.82) is 0 Å². The monoisotopic (exact) mass is 570 g/mol. The van der Waals surface area contributed by atoms with Gasteiger partial charge in [0.05, 0.1) is 11.0 Å². The molecule has 0 N–H and O–H groups in total. The number of fused-ring (bicyclic) bond motifs is 6. The van der Waals surface area contributed by atoms with Gasteiger partial charge in [-0.15, -0.1) is 11.3 Å². The Morgan fingerprint density at radius 3 is 1.60 bits per heavy atom. The lowest BCUT2D eigenvalue weighted by molar-refractivity contribution is 1.64. The molecule has 0 bridgehead atoms. The molecule has 0 aliphatic carbocycles. The highest BCUT2D eigenvalue weighted by Crippen LogP contribution is 2.47. The zero-order valence-corrected chi connectivity index (χ0v) is 23.6. The molecule has 0 nitrogen and oxygen atoms in total. The molecule has 43 heavy (non-hydrogen) atoms. The van der Waals surface area contributed by atoms with E-state index in [1.54, 1.807) is 11.3 Å². The molecule has 0 radical (unpaired) electrons. The zero-order chi connectivity index (χ0) is 35.3. The van der Waals surface area contributed by atoms with E-state index in [-0.39, 0.29) is 45.7 Å². The minimum Gasteiger partial charge on any atom is -0.135 e. The molecule has 0 atom stereocenters. The van der Waals surface area contributed by atoms with Gasteiger partial charge in [-0.05, 0) is 77.8 Å². The first-order valence-electron chi connectivity index (χ1n) is 18.1. The molecule has 1 aromatic heterocycles. The number of hydrogen-bond donors (Lipinski definition) is 0. The molecule has 0 aliphatic heterocycles. The van der Waals surface area contributed by atoms with E-state index >= 15 is 0 Å². The van der Waals surface area contributed by atoms with Crippen LogP contribution in [-0.4, -0.2) is 0 Å². The summed E-state index contributed by atoms with van der Waals surface area (Å²) < 4.78 is 74.7. The van der Waals surface area contributed by atoms with Crippen molar-refractivity contribution in [2.75, 3.05) is 0 Å². The van der Waals surface area contributed by atoms with Crippen LogP contribution in [0.25, 0.3) is 85.9 Å². The van der Waals surface area contributed by atoms with Crippen molar-refractivity contribution in [3.8, 4) is 33.4 Å². The van der Waals surface area contributed by atoms with Crippen LogP contribution in [0.4, 0.5) is 0 Å². The Morgan fingerprint density at radius 2 is 0.907 bits per heavy atom. The summed E-state index contributed by atoms with van der Waals surface area (Å²) in [4.78, 5) is 0. The van der Waals surface area contributed by atoms with Crippen LogP contribution >= 0.6 is 11.3 Å². The molecule has 0 spiro atoms. The molecule has 0 unspecified atom stereocenters. The third-order valence-corrected chi connectivity index (χ3v) is 9.45. The van der Waals surface area contributed by atoms with Crippen molar-refractivity contribution >= 4 is 63.8 Å². The fourth-order valence-electron chi connectivity index (χ4n) is 6.45. The van der Waals surface area contributed by atoms with Gasteiger partial charge >= 0.3 is 0 Å². The number of hydrogen-bond acceptors (Lipinski definition) is 1. The number of rotatable bonds is 3. The van der Waals surface area contributed by atoms with Gasteiger partial charge in [-0.3, -0.25) is 0 Å². The van der Waals surface area contributed by atoms with Gasteiger partial charge in [0, 0.05) is 20.2 Å². The molecule has 0 saturated heterocycles. The van der Waals surface area contributed by atoms with E-state index in [9.17, 15) is 5.48 Å². The lowest BCUT2D eigenvalue weighted by Gasteiger charge is -2.19. The molecular formula is C42H26S. The van der Waals surface area contributed by atoms with Crippen LogP contribution in [0.3, 0.4) is 0 Å². The number of benzene rings is 8. The van der Waals surface area contributed by atoms with Gasteiger partial charge in [-0.25, -0.2) is 0 Å². The fraction of sp³-hybridized carbons (Fsp3) is 0. The summed E-state index contributed by atoms with van der Waals surface area (Å²) in [5.41, 5.74) is 3.90. The van der Waals surface area contributed by atoms with Crippen molar-refractivity contribution in [1.82, 2.24) is 0 Å². The van der Waals surface area contributed by atoms with Crippen molar-refractivity contribution < 1.29 is 11.0 Å². The second-order valence-corrected chi connectivity index (χ2v) is 11.7. The Balaban J connectivity index is 1.52. The van der Waals surface area contributed by atoms with E-state index in [0.29, 0.717) is 22.3 Å². The Hall–Kier alpha value is -5.24. The molecule has 0 amide bonds. The van der Waals surface area contributed by atoms with E-state index in [2.05, 4.69) is 12.1 Å². The van der Waals surface area contributed by atoms with E-state index < -0.39 is 24.2 Å². The first-order valence-corrected chi connectivity index (χ1v) is 14.9. The molecule has 8 aromatic carbocycles. The summed E-state index contributed by atoms with van der Waals surface area (Å²) in [6, 6.07) is 32.9. The first-order chi connectivity index (χ1) is 24.7. The standard InChI is InChI=1S/C42H26S/c1-2-12-27(13-3-1)29-24-25-38(31-15-5-4-14-30(29)31)42-36-19-8-6-17-34(36)41(35-18-7-9-20-37(35)42)28-22-23-33-32-16-10-11-21-39(32)43-40(33)26-28/h1-26H/i6D,7D,8D,9D,17D,18D,19D,20D. The molecule has 1 heteroatoms. The highest BCUT2D eigenvalue weighted by atomic mass is 32.1. The van der Waals surface area contributed by atoms with Crippen LogP contribution in [0.2, 0.25) is 0 Å². The molecule has 9 aromatic rings. The van der Waals surface area contributed by atoms with Gasteiger partial charge in [-0.1, -0.05) is 145 Å². The molecule has 1 heterocycles. The average molecular weight is 571 g/mol. The summed E-state index contributed by atoms with van der Waals surface area (Å²) in [5.74, 6) is 0. The summed E-state index contributed by atoms with van der Waals surface area (Å²) in [6.45, 7) is 0.